The van der Waals surface area contributed by atoms with E-state index in [9.17, 15) is 14.7 Å². The molecule has 13 rings (SSSR count). The Balaban J connectivity index is 0.000000179. The van der Waals surface area contributed by atoms with Crippen molar-refractivity contribution in [1.29, 1.82) is 0 Å². The second kappa shape index (κ2) is 23.3. The summed E-state index contributed by atoms with van der Waals surface area (Å²) < 4.78 is 74.0. The number of fused-ring (bicyclic) bond motifs is 8. The second-order valence-corrected chi connectivity index (χ2v) is 20.1. The lowest BCUT2D eigenvalue weighted by Crippen LogP contribution is -2.14. The number of benzene rings is 5. The van der Waals surface area contributed by atoms with Crippen LogP contribution >= 0.6 is 23.2 Å². The fourth-order valence-electron chi connectivity index (χ4n) is 10.7. The third kappa shape index (κ3) is 10.3. The molecular formula is C65H50Cl2F2N6O10. The summed E-state index contributed by atoms with van der Waals surface area (Å²) >= 11 is 13.4. The number of ether oxygens (including phenoxy) is 5. The summed E-state index contributed by atoms with van der Waals surface area (Å²) in [6, 6.07) is 36.8. The van der Waals surface area contributed by atoms with Gasteiger partial charge in [-0.15, -0.1) is 0 Å². The quantitative estimate of drug-likeness (QED) is 0.0754. The Labute approximate surface area is 493 Å². The van der Waals surface area contributed by atoms with E-state index in [1.54, 1.807) is 77.8 Å². The molecule has 0 aliphatic heterocycles. The monoisotopic (exact) mass is 1180 g/mol. The SMILES string of the molecule is CCOC(=O)c1c(-c2cccnc2OC)c2c3occc3c(F)cc2n1Cc1cc2ccc(O)cc2nc1Cl.CCOC(=O)c1c(-c2cccnc2OC)c2c3occc3c(F)cc2n1Cc1cc2ccc(OCc3ccccc3)cc2nc1Cl.[HH]. The second-order valence-electron chi connectivity index (χ2n) is 19.4. The lowest BCUT2D eigenvalue weighted by atomic mass is 10.0. The summed E-state index contributed by atoms with van der Waals surface area (Å²) in [5.41, 5.74) is 6.98. The van der Waals surface area contributed by atoms with Gasteiger partial charge in [0.05, 0.1) is 96.7 Å². The molecule has 0 aliphatic carbocycles. The van der Waals surface area contributed by atoms with Gasteiger partial charge in [-0.2, -0.15) is 0 Å². The predicted octanol–water partition coefficient (Wildman–Crippen LogP) is 15.6. The number of aromatic hydroxyl groups is 1. The van der Waals surface area contributed by atoms with E-state index in [1.807, 2.05) is 60.7 Å². The zero-order valence-electron chi connectivity index (χ0n) is 45.8. The predicted molar refractivity (Wildman–Crippen MR) is 321 cm³/mol. The first-order valence-electron chi connectivity index (χ1n) is 26.7. The number of phenols is 1. The van der Waals surface area contributed by atoms with Crippen LogP contribution in [0.4, 0.5) is 8.78 Å². The number of carbonyl (C=O) groups excluding carboxylic acids is 2. The van der Waals surface area contributed by atoms with Gasteiger partial charge in [0.15, 0.2) is 0 Å². The molecule has 13 aromatic rings. The third-order valence-electron chi connectivity index (χ3n) is 14.4. The van der Waals surface area contributed by atoms with Crippen LogP contribution in [0.3, 0.4) is 0 Å². The first-order chi connectivity index (χ1) is 41.4. The van der Waals surface area contributed by atoms with E-state index in [0.717, 1.165) is 16.3 Å². The largest absolute Gasteiger partial charge is 0.508 e. The van der Waals surface area contributed by atoms with Crippen LogP contribution in [0.15, 0.2) is 161 Å². The zero-order valence-corrected chi connectivity index (χ0v) is 47.3. The maximum absolute atomic E-state index is 15.5. The van der Waals surface area contributed by atoms with Crippen LogP contribution in [0.2, 0.25) is 10.3 Å². The normalized spacial score (nSPS) is 11.4. The van der Waals surface area contributed by atoms with E-state index in [-0.39, 0.29) is 88.9 Å². The smallest absolute Gasteiger partial charge is 0.355 e. The highest BCUT2D eigenvalue weighted by Gasteiger charge is 2.33. The van der Waals surface area contributed by atoms with Crippen molar-refractivity contribution < 1.29 is 57.4 Å². The number of esters is 2. The molecule has 0 unspecified atom stereocenters. The Bertz CT molecular complexity index is 4760. The topological polar surface area (TPSA) is 188 Å². The van der Waals surface area contributed by atoms with Gasteiger partial charge >= 0.3 is 11.9 Å². The summed E-state index contributed by atoms with van der Waals surface area (Å²) in [4.78, 5) is 45.2. The highest BCUT2D eigenvalue weighted by atomic mass is 35.5. The molecule has 0 spiro atoms. The van der Waals surface area contributed by atoms with Crippen LogP contribution in [0, 0.1) is 11.6 Å². The van der Waals surface area contributed by atoms with Crippen molar-refractivity contribution in [2.75, 3.05) is 27.4 Å². The maximum atomic E-state index is 15.5. The third-order valence-corrected chi connectivity index (χ3v) is 15.0. The number of rotatable bonds is 15. The Kier molecular flexibility index (Phi) is 15.2. The minimum absolute atomic E-state index is 0. The van der Waals surface area contributed by atoms with Gasteiger partial charge in [0.25, 0.3) is 0 Å². The summed E-state index contributed by atoms with van der Waals surface area (Å²) in [7, 11) is 2.98. The molecule has 0 saturated heterocycles. The fraction of sp³-hybridized carbons (Fsp3) is 0.138. The van der Waals surface area contributed by atoms with Crippen molar-refractivity contribution in [3.05, 3.63) is 202 Å². The van der Waals surface area contributed by atoms with Crippen LogP contribution in [-0.4, -0.2) is 73.5 Å². The van der Waals surface area contributed by atoms with Gasteiger partial charge in [0.1, 0.15) is 62.6 Å². The van der Waals surface area contributed by atoms with Crippen molar-refractivity contribution in [2.24, 2.45) is 0 Å². The van der Waals surface area contributed by atoms with E-state index in [4.69, 9.17) is 55.7 Å². The van der Waals surface area contributed by atoms with E-state index in [0.29, 0.717) is 78.6 Å². The Morgan fingerprint density at radius 2 is 1.11 bits per heavy atom. The number of furan rings is 2. The average Bonchev–Trinajstić information content (AvgIpc) is 3.11. The summed E-state index contributed by atoms with van der Waals surface area (Å²) in [6.45, 7) is 4.23. The van der Waals surface area contributed by atoms with Crippen LogP contribution in [-0.2, 0) is 29.2 Å². The van der Waals surface area contributed by atoms with Gasteiger partial charge in [-0.25, -0.2) is 38.3 Å². The highest BCUT2D eigenvalue weighted by Crippen LogP contribution is 2.46. The van der Waals surface area contributed by atoms with E-state index in [2.05, 4.69) is 19.9 Å². The Hall–Kier alpha value is -10.0. The molecule has 428 valence electrons. The number of carbonyl (C=O) groups is 2. The molecular weight excluding hydrogens is 1130 g/mol. The molecule has 5 aromatic carbocycles. The van der Waals surface area contributed by atoms with E-state index >= 15 is 8.78 Å². The number of aromatic nitrogens is 6. The molecule has 0 amide bonds. The van der Waals surface area contributed by atoms with Crippen LogP contribution in [0.5, 0.6) is 23.3 Å². The minimum Gasteiger partial charge on any atom is -0.508 e. The van der Waals surface area contributed by atoms with Gasteiger partial charge in [-0.1, -0.05) is 53.5 Å². The fourth-order valence-corrected chi connectivity index (χ4v) is 11.1. The van der Waals surface area contributed by atoms with Crippen molar-refractivity contribution in [3.8, 4) is 45.5 Å². The molecule has 0 aliphatic rings. The van der Waals surface area contributed by atoms with Crippen LogP contribution in [0.1, 0.15) is 52.9 Å². The molecule has 0 bridgehead atoms. The van der Waals surface area contributed by atoms with Gasteiger partial charge in [-0.3, -0.25) is 0 Å². The van der Waals surface area contributed by atoms with Gasteiger partial charge < -0.3 is 46.8 Å². The number of methoxy groups -OCH3 is 2. The molecule has 8 aromatic heterocycles. The number of phenolic OH excluding ortho intramolecular Hbond substituents is 1. The van der Waals surface area contributed by atoms with E-state index < -0.39 is 23.6 Å². The summed E-state index contributed by atoms with van der Waals surface area (Å²) in [5, 5.41) is 13.3. The molecule has 8 heterocycles. The van der Waals surface area contributed by atoms with Crippen molar-refractivity contribution >= 4 is 101 Å². The van der Waals surface area contributed by atoms with Crippen molar-refractivity contribution in [3.63, 3.8) is 0 Å². The first kappa shape index (κ1) is 55.5. The van der Waals surface area contributed by atoms with Crippen LogP contribution in [0.25, 0.3) is 87.8 Å². The van der Waals surface area contributed by atoms with Crippen LogP contribution < -0.4 is 14.2 Å². The van der Waals surface area contributed by atoms with Gasteiger partial charge in [0, 0.05) is 70.1 Å². The number of hydrogen-bond donors (Lipinski definition) is 1. The number of halogens is 4. The Morgan fingerprint density at radius 1 is 0.612 bits per heavy atom. The molecule has 85 heavy (non-hydrogen) atoms. The average molecular weight is 1180 g/mol. The molecule has 0 saturated carbocycles. The van der Waals surface area contributed by atoms with Crippen molar-refractivity contribution in [2.45, 2.75) is 33.5 Å². The van der Waals surface area contributed by atoms with Gasteiger partial charge in [0.2, 0.25) is 11.8 Å². The molecule has 0 radical (unpaired) electrons. The minimum atomic E-state index is -0.621. The first-order valence-corrected chi connectivity index (χ1v) is 27.4. The van der Waals surface area contributed by atoms with Crippen molar-refractivity contribution in [1.82, 2.24) is 29.1 Å². The van der Waals surface area contributed by atoms with Gasteiger partial charge in [-0.05, 0) is 104 Å². The summed E-state index contributed by atoms with van der Waals surface area (Å²) in [6.07, 6.45) is 5.98. The zero-order chi connectivity index (χ0) is 59.0. The molecule has 20 heteroatoms. The van der Waals surface area contributed by atoms with E-state index in [1.165, 1.54) is 51.0 Å². The lowest BCUT2D eigenvalue weighted by Gasteiger charge is -2.14. The maximum Gasteiger partial charge on any atom is 0.355 e. The summed E-state index contributed by atoms with van der Waals surface area (Å²) in [5.74, 6) is -0.962. The number of hydrogen-bond acceptors (Lipinski definition) is 14. The lowest BCUT2D eigenvalue weighted by molar-refractivity contribution is 0.0506. The number of pyridine rings is 4. The number of nitrogens with zero attached hydrogens (tertiary/aromatic N) is 6. The Morgan fingerprint density at radius 3 is 1.60 bits per heavy atom. The standard InChI is InChI=1S/C36H27ClFN3O5.C29H21ClFN3O5.H2/c1-3-44-36(42)32-30(26-10-7-14-39-35(26)43-2)31-29(18-27(38)25-13-15-45-33(25)31)41(32)19-23-16-22-11-12-24(17-28(22)40-34(23)37)46-20-21-8-5-4-6-9-21;1-3-38-29(36)25-23(19-5-4-9-32-28(19)37-2)24-22(13-20(31)18-8-10-39-26(18)24)34(25)14-16-11-15-6-7-17(35)12-21(15)33-27(16)30;/h4-18H,3,19-20H2,1-2H3;4-13,35H,3,14H2,1-2H3;1H. The molecule has 16 nitrogen and oxygen atoms in total. The highest BCUT2D eigenvalue weighted by molar-refractivity contribution is 6.31. The molecule has 1 N–H and O–H groups in total. The molecule has 0 fully saturated rings. The molecule has 0 atom stereocenters.